The van der Waals surface area contributed by atoms with Crippen molar-refractivity contribution in [1.82, 2.24) is 4.98 Å². The van der Waals surface area contributed by atoms with Gasteiger partial charge in [-0.25, -0.2) is 0 Å². The zero-order valence-corrected chi connectivity index (χ0v) is 9.55. The highest BCUT2D eigenvalue weighted by atomic mass is 16.5. The third-order valence-electron chi connectivity index (χ3n) is 2.43. The van der Waals surface area contributed by atoms with Crippen LogP contribution < -0.4 is 10.2 Å². The monoisotopic (exact) mass is 227 g/mol. The number of aromatic nitrogens is 1. The van der Waals surface area contributed by atoms with Gasteiger partial charge in [-0.3, -0.25) is 4.98 Å². The van der Waals surface area contributed by atoms with Gasteiger partial charge in [-0.05, 0) is 24.3 Å². The lowest BCUT2D eigenvalue weighted by Crippen LogP contribution is -2.21. The van der Waals surface area contributed by atoms with Gasteiger partial charge >= 0.3 is 0 Å². The van der Waals surface area contributed by atoms with Crippen molar-refractivity contribution in [2.45, 2.75) is 21.1 Å². The Morgan fingerprint density at radius 3 is 1.94 bits per heavy atom. The van der Waals surface area contributed by atoms with E-state index < -0.39 is 0 Å². The molecule has 0 unspecified atom stereocenters. The molecule has 1 heterocycles. The van der Waals surface area contributed by atoms with Crippen molar-refractivity contribution < 1.29 is 4.74 Å². The van der Waals surface area contributed by atoms with Gasteiger partial charge in [0, 0.05) is 12.4 Å². The van der Waals surface area contributed by atoms with Gasteiger partial charge in [0.1, 0.15) is 11.5 Å². The van der Waals surface area contributed by atoms with Crippen LogP contribution in [0.5, 0.6) is 11.5 Å². The summed E-state index contributed by atoms with van der Waals surface area (Å²) in [5.41, 5.74) is 1.32. The lowest BCUT2D eigenvalue weighted by atomic mass is 9.49. The van der Waals surface area contributed by atoms with Gasteiger partial charge in [0.25, 0.3) is 0 Å². The molecule has 3 heteroatoms. The molecule has 0 bridgehead atoms. The highest BCUT2D eigenvalue weighted by Crippen LogP contribution is 2.18. The van der Waals surface area contributed by atoms with Crippen LogP contribution in [0, 0.1) is 0 Å². The van der Waals surface area contributed by atoms with Gasteiger partial charge in [-0.15, -0.1) is 0 Å². The predicted molar refractivity (Wildman–Crippen MR) is 74.6 cm³/mol. The van der Waals surface area contributed by atoms with E-state index in [1.54, 1.807) is 12.4 Å². The molecule has 2 nitrogen and oxygen atoms in total. The van der Waals surface area contributed by atoms with Gasteiger partial charge in [0.05, 0.1) is 0 Å². The van der Waals surface area contributed by atoms with Crippen molar-refractivity contribution in [3.8, 4) is 11.5 Å². The van der Waals surface area contributed by atoms with Crippen molar-refractivity contribution in [2.24, 2.45) is 0 Å². The molecular weight excluding hydrogens is 209 g/mol. The first kappa shape index (κ1) is 13.3. The fraction of sp³-hybridized carbons (Fsp3) is 0.214. The molecule has 88 valence electrons. The Morgan fingerprint density at radius 2 is 1.41 bits per heavy atom. The maximum atomic E-state index is 5.67. The van der Waals surface area contributed by atoms with Crippen LogP contribution in [0.1, 0.15) is 7.43 Å². The van der Waals surface area contributed by atoms with Crippen LogP contribution in [0.3, 0.4) is 0 Å². The third-order valence-corrected chi connectivity index (χ3v) is 2.43. The maximum absolute atomic E-state index is 5.67. The van der Waals surface area contributed by atoms with Crippen molar-refractivity contribution in [3.63, 3.8) is 0 Å². The normalized spacial score (nSPS) is 9.29. The van der Waals surface area contributed by atoms with Crippen LogP contribution in [0.25, 0.3) is 0 Å². The zero-order valence-electron chi connectivity index (χ0n) is 9.55. The summed E-state index contributed by atoms with van der Waals surface area (Å²) in [6, 6.07) is 11.9. The second-order valence-electron chi connectivity index (χ2n) is 4.01. The SMILES string of the molecule is C.CB(C)c1ccc(Oc2ccncc2)cc1. The number of pyridine rings is 1. The van der Waals surface area contributed by atoms with Crippen molar-refractivity contribution in [3.05, 3.63) is 48.8 Å². The molecule has 0 aliphatic rings. The number of benzene rings is 1. The lowest BCUT2D eigenvalue weighted by Gasteiger charge is -2.07. The van der Waals surface area contributed by atoms with Gasteiger partial charge in [-0.2, -0.15) is 0 Å². The van der Waals surface area contributed by atoms with Gasteiger partial charge in [0.2, 0.25) is 0 Å². The molecule has 1 aromatic heterocycles. The van der Waals surface area contributed by atoms with Crippen LogP contribution >= 0.6 is 0 Å². The average Bonchev–Trinajstić information content (AvgIpc) is 2.31. The molecule has 1 aromatic carbocycles. The molecule has 17 heavy (non-hydrogen) atoms. The molecule has 0 saturated carbocycles. The van der Waals surface area contributed by atoms with E-state index in [1.807, 2.05) is 24.3 Å². The van der Waals surface area contributed by atoms with E-state index in [-0.39, 0.29) is 7.43 Å². The first-order chi connectivity index (χ1) is 7.75. The van der Waals surface area contributed by atoms with Crippen molar-refractivity contribution in [1.29, 1.82) is 0 Å². The van der Waals surface area contributed by atoms with E-state index in [9.17, 15) is 0 Å². The average molecular weight is 227 g/mol. The van der Waals surface area contributed by atoms with E-state index in [0.717, 1.165) is 11.5 Å². The minimum Gasteiger partial charge on any atom is -0.457 e. The third kappa shape index (κ3) is 3.63. The Labute approximate surface area is 104 Å². The van der Waals surface area contributed by atoms with Crippen LogP contribution in [0.2, 0.25) is 13.6 Å². The standard InChI is InChI=1S/C13H14BNO.CH4/c1-14(2)11-3-5-12(6-4-11)16-13-7-9-15-10-8-13;/h3-10H,1-2H3;1H4. The fourth-order valence-corrected chi connectivity index (χ4v) is 1.46. The van der Waals surface area contributed by atoms with Crippen LogP contribution in [0.15, 0.2) is 48.8 Å². The Balaban J connectivity index is 0.00000144. The molecular formula is C14H18BNO. The largest absolute Gasteiger partial charge is 0.457 e. The summed E-state index contributed by atoms with van der Waals surface area (Å²) < 4.78 is 5.67. The van der Waals surface area contributed by atoms with E-state index in [1.165, 1.54) is 5.46 Å². The van der Waals surface area contributed by atoms with Crippen LogP contribution in [-0.4, -0.2) is 11.7 Å². The smallest absolute Gasteiger partial charge is 0.169 e. The quantitative estimate of drug-likeness (QED) is 0.749. The summed E-state index contributed by atoms with van der Waals surface area (Å²) in [5, 5.41) is 0. The molecule has 0 atom stereocenters. The molecule has 0 radical (unpaired) electrons. The van der Waals surface area contributed by atoms with Gasteiger partial charge in [-0.1, -0.05) is 38.7 Å². The molecule has 0 spiro atoms. The molecule has 0 N–H and O–H groups in total. The second-order valence-corrected chi connectivity index (χ2v) is 4.01. The first-order valence-corrected chi connectivity index (χ1v) is 5.43. The summed E-state index contributed by atoms with van der Waals surface area (Å²) in [6.45, 7) is 4.91. The summed E-state index contributed by atoms with van der Waals surface area (Å²) in [7, 11) is 0. The Kier molecular flexibility index (Phi) is 4.76. The van der Waals surface area contributed by atoms with Crippen molar-refractivity contribution in [2.75, 3.05) is 0 Å². The molecule has 0 saturated heterocycles. The number of hydrogen-bond acceptors (Lipinski definition) is 2. The second kappa shape index (κ2) is 6.09. The fourth-order valence-electron chi connectivity index (χ4n) is 1.46. The summed E-state index contributed by atoms with van der Waals surface area (Å²) >= 11 is 0. The van der Waals surface area contributed by atoms with E-state index in [2.05, 4.69) is 30.8 Å². The van der Waals surface area contributed by atoms with Crippen LogP contribution in [0.4, 0.5) is 0 Å². The predicted octanol–water partition coefficient (Wildman–Crippen LogP) is 3.47. The molecule has 2 aromatic rings. The number of rotatable bonds is 3. The highest BCUT2D eigenvalue weighted by Gasteiger charge is 2.02. The zero-order chi connectivity index (χ0) is 11.4. The molecule has 0 aliphatic carbocycles. The summed E-state index contributed by atoms with van der Waals surface area (Å²) in [4.78, 5) is 3.94. The summed E-state index contributed by atoms with van der Waals surface area (Å²) in [5.74, 6) is 1.67. The Morgan fingerprint density at radius 1 is 0.882 bits per heavy atom. The minimum atomic E-state index is 0. The number of ether oxygens (including phenoxy) is 1. The maximum Gasteiger partial charge on any atom is 0.169 e. The van der Waals surface area contributed by atoms with Gasteiger partial charge < -0.3 is 4.74 Å². The first-order valence-electron chi connectivity index (χ1n) is 5.43. The van der Waals surface area contributed by atoms with E-state index in [4.69, 9.17) is 4.74 Å². The summed E-state index contributed by atoms with van der Waals surface area (Å²) in [6.07, 6.45) is 3.44. The molecule has 0 amide bonds. The molecule has 2 rings (SSSR count). The number of nitrogens with zero attached hydrogens (tertiary/aromatic N) is 1. The Hall–Kier alpha value is -1.77. The van der Waals surface area contributed by atoms with E-state index in [0.29, 0.717) is 6.71 Å². The van der Waals surface area contributed by atoms with Crippen molar-refractivity contribution >= 4 is 12.2 Å². The number of hydrogen-bond donors (Lipinski definition) is 0. The molecule has 0 aliphatic heterocycles. The Bertz CT molecular complexity index is 440. The highest BCUT2D eigenvalue weighted by molar-refractivity contribution is 6.70. The lowest BCUT2D eigenvalue weighted by molar-refractivity contribution is 0.482. The van der Waals surface area contributed by atoms with E-state index >= 15 is 0 Å². The molecule has 0 fully saturated rings. The van der Waals surface area contributed by atoms with Crippen LogP contribution in [-0.2, 0) is 0 Å². The van der Waals surface area contributed by atoms with Gasteiger partial charge in [0.15, 0.2) is 6.71 Å². The topological polar surface area (TPSA) is 22.1 Å². The minimum absolute atomic E-state index is 0.